The van der Waals surface area contributed by atoms with Crippen molar-refractivity contribution in [2.45, 2.75) is 9.79 Å². The molecule has 0 unspecified atom stereocenters. The monoisotopic (exact) mass is 674 g/mol. The summed E-state index contributed by atoms with van der Waals surface area (Å²) in [5.41, 5.74) is 3.10. The van der Waals surface area contributed by atoms with Crippen molar-refractivity contribution in [3.05, 3.63) is 120 Å². The maximum absolute atomic E-state index is 12.5. The van der Waals surface area contributed by atoms with Gasteiger partial charge in [0, 0.05) is 10.8 Å². The van der Waals surface area contributed by atoms with Gasteiger partial charge >= 0.3 is 0 Å². The topological polar surface area (TPSA) is 170 Å². The minimum Gasteiger partial charge on any atom is -0.282 e. The van der Waals surface area contributed by atoms with Crippen LogP contribution in [0.5, 0.6) is 0 Å². The first-order valence-electron chi connectivity index (χ1n) is 14.4. The third-order valence-electron chi connectivity index (χ3n) is 8.01. The fraction of sp³-hybridized carbons (Fsp3) is 0. The number of rotatable bonds is 6. The summed E-state index contributed by atoms with van der Waals surface area (Å²) in [6, 6.07) is 31.2. The number of nitrogens with zero attached hydrogens (tertiary/aromatic N) is 6. The highest BCUT2D eigenvalue weighted by Gasteiger charge is 2.20. The van der Waals surface area contributed by atoms with Crippen LogP contribution in [0, 0.1) is 0 Å². The van der Waals surface area contributed by atoms with Crippen molar-refractivity contribution >= 4 is 76.0 Å². The van der Waals surface area contributed by atoms with Crippen LogP contribution in [-0.2, 0) is 20.2 Å². The van der Waals surface area contributed by atoms with Crippen molar-refractivity contribution < 1.29 is 25.9 Å². The Kier molecular flexibility index (Phi) is 6.71. The zero-order valence-corrected chi connectivity index (χ0v) is 26.2. The van der Waals surface area contributed by atoms with E-state index in [0.717, 1.165) is 21.5 Å². The van der Waals surface area contributed by atoms with Gasteiger partial charge in [0.25, 0.3) is 20.2 Å². The predicted octanol–water partition coefficient (Wildman–Crippen LogP) is 6.12. The van der Waals surface area contributed by atoms with Crippen molar-refractivity contribution in [1.29, 1.82) is 0 Å². The highest BCUT2D eigenvalue weighted by molar-refractivity contribution is 7.86. The van der Waals surface area contributed by atoms with Crippen LogP contribution >= 0.6 is 0 Å². The fourth-order valence-electron chi connectivity index (χ4n) is 5.72. The van der Waals surface area contributed by atoms with Crippen molar-refractivity contribution in [2.24, 2.45) is 0 Å². The summed E-state index contributed by atoms with van der Waals surface area (Å²) < 4.78 is 70.2. The Balaban J connectivity index is 1.18. The van der Waals surface area contributed by atoms with E-state index in [1.807, 2.05) is 72.8 Å². The second-order valence-electron chi connectivity index (χ2n) is 11.0. The van der Waals surface area contributed by atoms with E-state index in [0.29, 0.717) is 22.1 Å². The summed E-state index contributed by atoms with van der Waals surface area (Å²) in [5, 5.41) is 21.8. The van der Waals surface area contributed by atoms with E-state index in [1.54, 1.807) is 12.1 Å². The summed E-state index contributed by atoms with van der Waals surface area (Å²) in [4.78, 5) is 1.66. The molecule has 12 nitrogen and oxygen atoms in total. The standard InChI is InChI=1S/C34H22N6O6S2/c41-47(42,43)31-19-25(39-35-29-17-13-21-5-1-3-7-27(21)33(29)37-39)15-11-23(31)9-10-24-12-16-26(20-32(24)48(44,45)46)40-36-30-18-14-22-6-2-4-8-28(22)34(30)38-40/h1-20H,(H,41,42,43)(H,44,45,46). The first-order chi connectivity index (χ1) is 23.0. The van der Waals surface area contributed by atoms with Gasteiger partial charge in [0.15, 0.2) is 0 Å². The summed E-state index contributed by atoms with van der Waals surface area (Å²) in [6.45, 7) is 0. The summed E-state index contributed by atoms with van der Waals surface area (Å²) in [5.74, 6) is 0. The summed E-state index contributed by atoms with van der Waals surface area (Å²) in [7, 11) is -9.50. The lowest BCUT2D eigenvalue weighted by atomic mass is 10.1. The molecule has 0 bridgehead atoms. The highest BCUT2D eigenvalue weighted by Crippen LogP contribution is 2.28. The Morgan fingerprint density at radius 3 is 1.33 bits per heavy atom. The fourth-order valence-corrected chi connectivity index (χ4v) is 7.13. The predicted molar refractivity (Wildman–Crippen MR) is 181 cm³/mol. The van der Waals surface area contributed by atoms with Crippen LogP contribution in [0.25, 0.3) is 67.1 Å². The molecule has 8 rings (SSSR count). The molecule has 2 aromatic heterocycles. The molecule has 2 heterocycles. The lowest BCUT2D eigenvalue weighted by Gasteiger charge is -2.08. The van der Waals surface area contributed by atoms with Crippen LogP contribution in [0.2, 0.25) is 0 Å². The third kappa shape index (κ3) is 5.18. The molecule has 2 N–H and O–H groups in total. The molecule has 0 aliphatic carbocycles. The van der Waals surface area contributed by atoms with Gasteiger partial charge in [-0.1, -0.05) is 84.9 Å². The van der Waals surface area contributed by atoms with Gasteiger partial charge in [0.05, 0.1) is 11.4 Å². The quantitative estimate of drug-likeness (QED) is 0.155. The molecular weight excluding hydrogens is 653 g/mol. The Hall–Kier alpha value is -5.80. The van der Waals surface area contributed by atoms with Gasteiger partial charge in [0.1, 0.15) is 31.9 Å². The van der Waals surface area contributed by atoms with E-state index >= 15 is 0 Å². The van der Waals surface area contributed by atoms with Crippen molar-refractivity contribution in [2.75, 3.05) is 0 Å². The third-order valence-corrected chi connectivity index (χ3v) is 9.83. The molecule has 0 aliphatic heterocycles. The molecule has 0 spiro atoms. The second-order valence-corrected chi connectivity index (χ2v) is 13.8. The molecule has 0 saturated carbocycles. The molecule has 0 aliphatic rings. The maximum atomic E-state index is 12.5. The van der Waals surface area contributed by atoms with Crippen LogP contribution in [0.15, 0.2) is 119 Å². The minimum atomic E-state index is -4.75. The molecule has 14 heteroatoms. The molecule has 0 amide bonds. The van der Waals surface area contributed by atoms with Crippen LogP contribution < -0.4 is 0 Å². The van der Waals surface area contributed by atoms with Crippen molar-refractivity contribution in [3.63, 3.8) is 0 Å². The SMILES string of the molecule is O=S(=O)(O)c1cc(-n2nc3ccc4ccccc4c3n2)ccc1C=Cc1ccc(-n2nc3ccc4ccccc4c3n2)cc1S(=O)(=O)O. The molecule has 0 saturated heterocycles. The number of hydrogen-bond acceptors (Lipinski definition) is 8. The number of hydrogen-bond donors (Lipinski definition) is 2. The van der Waals surface area contributed by atoms with Gasteiger partial charge < -0.3 is 0 Å². The minimum absolute atomic E-state index is 0.0562. The van der Waals surface area contributed by atoms with Crippen molar-refractivity contribution in [3.8, 4) is 11.4 Å². The Bertz CT molecular complexity index is 2670. The second kappa shape index (κ2) is 10.9. The van der Waals surface area contributed by atoms with Gasteiger partial charge in [-0.3, -0.25) is 9.11 Å². The van der Waals surface area contributed by atoms with E-state index in [2.05, 4.69) is 20.4 Å². The first-order valence-corrected chi connectivity index (χ1v) is 17.3. The normalized spacial score (nSPS) is 12.6. The zero-order chi connectivity index (χ0) is 33.2. The Morgan fingerprint density at radius 2 is 0.917 bits per heavy atom. The molecule has 0 fully saturated rings. The average molecular weight is 675 g/mol. The molecular formula is C34H22N6O6S2. The number of benzene rings is 6. The van der Waals surface area contributed by atoms with Crippen LogP contribution in [0.3, 0.4) is 0 Å². The van der Waals surface area contributed by atoms with Gasteiger partial charge in [-0.05, 0) is 58.3 Å². The van der Waals surface area contributed by atoms with E-state index in [9.17, 15) is 25.9 Å². The summed E-state index contributed by atoms with van der Waals surface area (Å²) in [6.07, 6.45) is 2.65. The van der Waals surface area contributed by atoms with Crippen LogP contribution in [0.4, 0.5) is 0 Å². The molecule has 6 aromatic carbocycles. The molecule has 236 valence electrons. The van der Waals surface area contributed by atoms with Gasteiger partial charge in [-0.15, -0.1) is 20.4 Å². The molecule has 0 radical (unpaired) electrons. The van der Waals surface area contributed by atoms with Gasteiger partial charge in [0.2, 0.25) is 0 Å². The lowest BCUT2D eigenvalue weighted by Crippen LogP contribution is -2.06. The average Bonchev–Trinajstić information content (AvgIpc) is 3.72. The van der Waals surface area contributed by atoms with Gasteiger partial charge in [-0.2, -0.15) is 26.4 Å². The smallest absolute Gasteiger partial charge is 0.282 e. The van der Waals surface area contributed by atoms with Gasteiger partial charge in [-0.25, -0.2) is 0 Å². The Morgan fingerprint density at radius 1 is 0.500 bits per heavy atom. The maximum Gasteiger partial charge on any atom is 0.295 e. The van der Waals surface area contributed by atoms with E-state index in [1.165, 1.54) is 46.0 Å². The number of fused-ring (bicyclic) bond motifs is 6. The van der Waals surface area contributed by atoms with E-state index < -0.39 is 30.0 Å². The largest absolute Gasteiger partial charge is 0.295 e. The zero-order valence-electron chi connectivity index (χ0n) is 24.6. The number of aromatic nitrogens is 6. The van der Waals surface area contributed by atoms with E-state index in [4.69, 9.17) is 0 Å². The van der Waals surface area contributed by atoms with Crippen LogP contribution in [0.1, 0.15) is 11.1 Å². The highest BCUT2D eigenvalue weighted by atomic mass is 32.2. The summed E-state index contributed by atoms with van der Waals surface area (Å²) >= 11 is 0. The van der Waals surface area contributed by atoms with Crippen molar-refractivity contribution in [1.82, 2.24) is 30.0 Å². The Labute approximate surface area is 272 Å². The molecule has 8 aromatic rings. The molecule has 0 atom stereocenters. The van der Waals surface area contributed by atoms with E-state index in [-0.39, 0.29) is 22.5 Å². The van der Waals surface area contributed by atoms with Crippen LogP contribution in [-0.4, -0.2) is 55.9 Å². The molecule has 48 heavy (non-hydrogen) atoms. The lowest BCUT2D eigenvalue weighted by molar-refractivity contribution is 0.480. The first kappa shape index (κ1) is 29.6.